The lowest BCUT2D eigenvalue weighted by Gasteiger charge is -2.44. The van der Waals surface area contributed by atoms with Gasteiger partial charge in [-0.25, -0.2) is 14.3 Å². The highest BCUT2D eigenvalue weighted by atomic mass is 31.2. The quantitative estimate of drug-likeness (QED) is 0.844. The van der Waals surface area contributed by atoms with Crippen molar-refractivity contribution in [3.63, 3.8) is 0 Å². The Morgan fingerprint density at radius 3 is 2.79 bits per heavy atom. The van der Waals surface area contributed by atoms with Gasteiger partial charge in [0.25, 0.3) is 0 Å². The molecule has 0 bridgehead atoms. The summed E-state index contributed by atoms with van der Waals surface area (Å²) >= 11 is 0. The molecule has 1 aliphatic carbocycles. The first-order chi connectivity index (χ1) is 9.17. The van der Waals surface area contributed by atoms with Crippen molar-refractivity contribution in [1.82, 2.24) is 9.76 Å². The molecule has 104 valence electrons. The van der Waals surface area contributed by atoms with Crippen LogP contribution >= 0.6 is 7.67 Å². The van der Waals surface area contributed by atoms with E-state index in [0.29, 0.717) is 17.7 Å². The van der Waals surface area contributed by atoms with Crippen LogP contribution in [0.4, 0.5) is 0 Å². The van der Waals surface area contributed by atoms with Crippen LogP contribution < -0.4 is 9.61 Å². The van der Waals surface area contributed by atoms with E-state index in [0.717, 1.165) is 13.0 Å². The van der Waals surface area contributed by atoms with Crippen LogP contribution in [0.3, 0.4) is 0 Å². The topological polar surface area (TPSA) is 41.6 Å². The fourth-order valence-electron chi connectivity index (χ4n) is 3.07. The minimum Gasteiger partial charge on any atom is -0.422 e. The van der Waals surface area contributed by atoms with Gasteiger partial charge >= 0.3 is 7.67 Å². The molecule has 19 heavy (non-hydrogen) atoms. The summed E-state index contributed by atoms with van der Waals surface area (Å²) in [6.07, 6.45) is 4.86. The lowest BCUT2D eigenvalue weighted by atomic mass is 9.85. The molecule has 3 atom stereocenters. The summed E-state index contributed by atoms with van der Waals surface area (Å²) in [5.41, 5.74) is 0. The lowest BCUT2D eigenvalue weighted by Crippen LogP contribution is -2.50. The third-order valence-corrected chi connectivity index (χ3v) is 6.34. The number of hydrogen-bond donors (Lipinski definition) is 1. The molecule has 4 nitrogen and oxygen atoms in total. The largest absolute Gasteiger partial charge is 0.422 e. The van der Waals surface area contributed by atoms with Gasteiger partial charge in [0.2, 0.25) is 0 Å². The van der Waals surface area contributed by atoms with Gasteiger partial charge in [0.05, 0.1) is 0 Å². The monoisotopic (exact) mass is 280 g/mol. The molecule has 1 saturated carbocycles. The number of fused-ring (bicyclic) bond motifs is 1. The van der Waals surface area contributed by atoms with Crippen LogP contribution in [0.25, 0.3) is 0 Å². The maximum Gasteiger partial charge on any atom is 0.393 e. The van der Waals surface area contributed by atoms with Crippen LogP contribution in [0, 0.1) is 5.92 Å². The van der Waals surface area contributed by atoms with E-state index in [1.807, 2.05) is 42.0 Å². The summed E-state index contributed by atoms with van der Waals surface area (Å²) in [5, 5.41) is 3.29. The van der Waals surface area contributed by atoms with Crippen molar-refractivity contribution < 1.29 is 9.09 Å². The molecular weight excluding hydrogens is 259 g/mol. The summed E-state index contributed by atoms with van der Waals surface area (Å²) < 4.78 is 20.6. The molecule has 2 aliphatic rings. The van der Waals surface area contributed by atoms with Gasteiger partial charge < -0.3 is 4.52 Å². The molecule has 0 unspecified atom stereocenters. The van der Waals surface area contributed by atoms with E-state index in [9.17, 15) is 4.57 Å². The van der Waals surface area contributed by atoms with Gasteiger partial charge in [-0.05, 0) is 37.9 Å². The SMILES string of the molecule is CN1C[C@H]2CCCC[C@@H]2N[P@@]1(=O)Oc1ccccc1. The highest BCUT2D eigenvalue weighted by molar-refractivity contribution is 7.54. The third kappa shape index (κ3) is 2.71. The zero-order valence-corrected chi connectivity index (χ0v) is 12.2. The maximum absolute atomic E-state index is 13.0. The Labute approximate surface area is 114 Å². The Kier molecular flexibility index (Phi) is 3.66. The second-order valence-electron chi connectivity index (χ2n) is 5.55. The Morgan fingerprint density at radius 2 is 2.00 bits per heavy atom. The van der Waals surface area contributed by atoms with Crippen LogP contribution in [0.15, 0.2) is 30.3 Å². The summed E-state index contributed by atoms with van der Waals surface area (Å²) in [7, 11) is -1.04. The molecule has 1 aromatic rings. The molecule has 0 radical (unpaired) electrons. The molecule has 5 heteroatoms. The van der Waals surface area contributed by atoms with Gasteiger partial charge in [-0.3, -0.25) is 0 Å². The van der Waals surface area contributed by atoms with Crippen LogP contribution in [0.5, 0.6) is 5.75 Å². The van der Waals surface area contributed by atoms with E-state index < -0.39 is 7.67 Å². The first kappa shape index (κ1) is 13.2. The van der Waals surface area contributed by atoms with Crippen LogP contribution in [0.1, 0.15) is 25.7 Å². The Balaban J connectivity index is 1.77. The molecule has 0 amide bonds. The Hall–Kier alpha value is -0.830. The number of rotatable bonds is 2. The molecule has 1 saturated heterocycles. The van der Waals surface area contributed by atoms with Crippen molar-refractivity contribution in [3.8, 4) is 5.75 Å². The number of benzene rings is 1. The fourth-order valence-corrected chi connectivity index (χ4v) is 5.05. The summed E-state index contributed by atoms with van der Waals surface area (Å²) in [4.78, 5) is 0. The van der Waals surface area contributed by atoms with E-state index >= 15 is 0 Å². The Bertz CT molecular complexity index is 480. The fraction of sp³-hybridized carbons (Fsp3) is 0.571. The van der Waals surface area contributed by atoms with Gasteiger partial charge in [-0.2, -0.15) is 0 Å². The van der Waals surface area contributed by atoms with Crippen LogP contribution in [0.2, 0.25) is 0 Å². The maximum atomic E-state index is 13.0. The second-order valence-corrected chi connectivity index (χ2v) is 7.71. The van der Waals surface area contributed by atoms with Gasteiger partial charge in [0.15, 0.2) is 0 Å². The number of hydrogen-bond acceptors (Lipinski definition) is 2. The first-order valence-corrected chi connectivity index (χ1v) is 8.59. The molecule has 0 spiro atoms. The van der Waals surface area contributed by atoms with E-state index in [4.69, 9.17) is 4.52 Å². The third-order valence-electron chi connectivity index (χ3n) is 4.16. The first-order valence-electron chi connectivity index (χ1n) is 7.01. The van der Waals surface area contributed by atoms with E-state index in [1.54, 1.807) is 0 Å². The van der Waals surface area contributed by atoms with Crippen molar-refractivity contribution in [3.05, 3.63) is 30.3 Å². The number of para-hydroxylation sites is 1. The average Bonchev–Trinajstić information content (AvgIpc) is 2.41. The zero-order valence-electron chi connectivity index (χ0n) is 11.3. The molecule has 3 rings (SSSR count). The molecule has 1 aromatic carbocycles. The van der Waals surface area contributed by atoms with Crippen molar-refractivity contribution in [2.75, 3.05) is 13.6 Å². The van der Waals surface area contributed by atoms with Gasteiger partial charge in [-0.15, -0.1) is 0 Å². The van der Waals surface area contributed by atoms with Crippen molar-refractivity contribution in [2.45, 2.75) is 31.7 Å². The number of nitrogens with zero attached hydrogens (tertiary/aromatic N) is 1. The molecular formula is C14H21N2O2P. The smallest absolute Gasteiger partial charge is 0.393 e. The summed E-state index contributed by atoms with van der Waals surface area (Å²) in [5.74, 6) is 1.28. The highest BCUT2D eigenvalue weighted by Crippen LogP contribution is 2.51. The van der Waals surface area contributed by atoms with Crippen molar-refractivity contribution in [1.29, 1.82) is 0 Å². The summed E-state index contributed by atoms with van der Waals surface area (Å²) in [6, 6.07) is 9.77. The molecule has 1 heterocycles. The van der Waals surface area contributed by atoms with E-state index in [-0.39, 0.29) is 0 Å². The average molecular weight is 280 g/mol. The summed E-state index contributed by atoms with van der Waals surface area (Å²) in [6.45, 7) is 0.863. The van der Waals surface area contributed by atoms with Gasteiger partial charge in [0, 0.05) is 12.6 Å². The molecule has 1 N–H and O–H groups in total. The molecule has 0 aromatic heterocycles. The molecule has 1 aliphatic heterocycles. The van der Waals surface area contributed by atoms with E-state index in [2.05, 4.69) is 5.09 Å². The zero-order chi connectivity index (χ0) is 13.3. The Morgan fingerprint density at radius 1 is 1.26 bits per heavy atom. The van der Waals surface area contributed by atoms with Crippen LogP contribution in [-0.2, 0) is 4.57 Å². The molecule has 2 fully saturated rings. The normalized spacial score (nSPS) is 35.6. The standard InChI is InChI=1S/C14H21N2O2P/c1-16-11-12-7-5-6-10-14(12)15-19(16,17)18-13-8-3-2-4-9-13/h2-4,8-9,12,14H,5-7,10-11H2,1H3,(H,15,17)/t12-,14+,19-/m1/s1. The van der Waals surface area contributed by atoms with Crippen molar-refractivity contribution in [2.24, 2.45) is 5.92 Å². The predicted molar refractivity (Wildman–Crippen MR) is 76.2 cm³/mol. The van der Waals surface area contributed by atoms with Gasteiger partial charge in [0.1, 0.15) is 5.75 Å². The van der Waals surface area contributed by atoms with Gasteiger partial charge in [-0.1, -0.05) is 31.0 Å². The minimum atomic E-state index is -2.93. The van der Waals surface area contributed by atoms with E-state index in [1.165, 1.54) is 19.3 Å². The van der Waals surface area contributed by atoms with Crippen LogP contribution in [-0.4, -0.2) is 24.3 Å². The minimum absolute atomic E-state index is 0.347. The number of nitrogens with one attached hydrogen (secondary N) is 1. The second kappa shape index (κ2) is 5.28. The highest BCUT2D eigenvalue weighted by Gasteiger charge is 2.43. The predicted octanol–water partition coefficient (Wildman–Crippen LogP) is 3.27. The lowest BCUT2D eigenvalue weighted by molar-refractivity contribution is 0.200. The van der Waals surface area contributed by atoms with Crippen molar-refractivity contribution >= 4 is 7.67 Å².